The van der Waals surface area contributed by atoms with Crippen molar-refractivity contribution in [2.45, 2.75) is 19.0 Å². The molecule has 2 rings (SSSR count). The molecule has 0 fully saturated rings. The number of rotatable bonds is 5. The monoisotopic (exact) mass is 298 g/mol. The molecule has 1 aromatic carbocycles. The summed E-state index contributed by atoms with van der Waals surface area (Å²) in [5, 5.41) is 6.02. The Balaban J connectivity index is 1.92. The van der Waals surface area contributed by atoms with E-state index in [0.29, 0.717) is 12.8 Å². The highest BCUT2D eigenvalue weighted by molar-refractivity contribution is 5.95. The molecule has 0 aliphatic carbocycles. The molecule has 0 saturated carbocycles. The van der Waals surface area contributed by atoms with E-state index >= 15 is 0 Å². The first kappa shape index (κ1) is 15.1. The molecule has 0 aliphatic heterocycles. The number of carbonyl (C=O) groups is 1. The highest BCUT2D eigenvalue weighted by Crippen LogP contribution is 2.31. The van der Waals surface area contributed by atoms with Gasteiger partial charge in [-0.15, -0.1) is 0 Å². The van der Waals surface area contributed by atoms with Crippen molar-refractivity contribution in [1.29, 1.82) is 0 Å². The molecule has 1 amide bonds. The largest absolute Gasteiger partial charge is 0.417 e. The molecule has 0 spiro atoms. The number of hydrogen-bond donors (Lipinski definition) is 1. The Morgan fingerprint density at radius 1 is 1.29 bits per heavy atom. The summed E-state index contributed by atoms with van der Waals surface area (Å²) in [6, 6.07) is 4.72. The zero-order valence-electron chi connectivity index (χ0n) is 11.0. The van der Waals surface area contributed by atoms with E-state index in [0.717, 1.165) is 17.7 Å². The van der Waals surface area contributed by atoms with Gasteiger partial charge in [0.25, 0.3) is 5.91 Å². The van der Waals surface area contributed by atoms with Crippen molar-refractivity contribution in [1.82, 2.24) is 10.5 Å². The number of nitrogens with zero attached hydrogens (tertiary/aromatic N) is 1. The molecular weight excluding hydrogens is 285 g/mol. The van der Waals surface area contributed by atoms with Crippen molar-refractivity contribution in [2.24, 2.45) is 0 Å². The second-order valence-electron chi connectivity index (χ2n) is 4.44. The van der Waals surface area contributed by atoms with Gasteiger partial charge in [0.2, 0.25) is 0 Å². The summed E-state index contributed by atoms with van der Waals surface area (Å²) >= 11 is 0. The maximum absolute atomic E-state index is 12.8. The van der Waals surface area contributed by atoms with E-state index in [1.54, 1.807) is 6.20 Å². The third kappa shape index (κ3) is 4.08. The van der Waals surface area contributed by atoms with Gasteiger partial charge in [0.1, 0.15) is 6.26 Å². The number of hydrogen-bond acceptors (Lipinski definition) is 3. The fourth-order valence-electron chi connectivity index (χ4n) is 1.87. The topological polar surface area (TPSA) is 55.1 Å². The molecule has 0 atom stereocenters. The van der Waals surface area contributed by atoms with Crippen LogP contribution in [0, 0.1) is 0 Å². The molecule has 7 heteroatoms. The number of benzene rings is 1. The number of aryl methyl sites for hydroxylation is 1. The number of halogens is 3. The summed E-state index contributed by atoms with van der Waals surface area (Å²) < 4.78 is 43.0. The first-order chi connectivity index (χ1) is 9.98. The van der Waals surface area contributed by atoms with Gasteiger partial charge in [-0.3, -0.25) is 4.79 Å². The highest BCUT2D eigenvalue weighted by Gasteiger charge is 2.34. The van der Waals surface area contributed by atoms with Gasteiger partial charge in [0.15, 0.2) is 0 Å². The normalized spacial score (nSPS) is 11.4. The first-order valence-electron chi connectivity index (χ1n) is 6.31. The van der Waals surface area contributed by atoms with Gasteiger partial charge in [0.05, 0.1) is 17.3 Å². The van der Waals surface area contributed by atoms with E-state index in [-0.39, 0.29) is 12.1 Å². The second-order valence-corrected chi connectivity index (χ2v) is 4.44. The molecule has 1 heterocycles. The summed E-state index contributed by atoms with van der Waals surface area (Å²) in [6.45, 7) is 0.274. The van der Waals surface area contributed by atoms with E-state index in [1.165, 1.54) is 18.4 Å². The summed E-state index contributed by atoms with van der Waals surface area (Å²) in [5.41, 5.74) is -0.420. The van der Waals surface area contributed by atoms with Crippen LogP contribution in [-0.4, -0.2) is 17.6 Å². The van der Waals surface area contributed by atoms with Crippen LogP contribution >= 0.6 is 0 Å². The number of alkyl halides is 3. The van der Waals surface area contributed by atoms with E-state index < -0.39 is 17.6 Å². The molecule has 0 radical (unpaired) electrons. The molecular formula is C14H13F3N2O2. The highest BCUT2D eigenvalue weighted by atomic mass is 19.4. The zero-order chi connectivity index (χ0) is 15.3. The van der Waals surface area contributed by atoms with Crippen LogP contribution in [0.2, 0.25) is 0 Å². The predicted molar refractivity (Wildman–Crippen MR) is 68.6 cm³/mol. The third-order valence-electron chi connectivity index (χ3n) is 2.89. The lowest BCUT2D eigenvalue weighted by atomic mass is 10.1. The molecule has 112 valence electrons. The van der Waals surface area contributed by atoms with E-state index in [2.05, 4.69) is 15.0 Å². The minimum Gasteiger partial charge on any atom is -0.364 e. The van der Waals surface area contributed by atoms with E-state index in [1.807, 2.05) is 0 Å². The lowest BCUT2D eigenvalue weighted by molar-refractivity contribution is -0.137. The van der Waals surface area contributed by atoms with Crippen LogP contribution in [0.15, 0.2) is 41.2 Å². The van der Waals surface area contributed by atoms with Crippen molar-refractivity contribution < 1.29 is 22.5 Å². The second kappa shape index (κ2) is 6.43. The molecule has 1 N–H and O–H groups in total. The number of amides is 1. The summed E-state index contributed by atoms with van der Waals surface area (Å²) in [6.07, 6.45) is -0.288. The Kier molecular flexibility index (Phi) is 4.62. The van der Waals surface area contributed by atoms with Crippen LogP contribution in [0.4, 0.5) is 13.2 Å². The maximum atomic E-state index is 12.8. The van der Waals surface area contributed by atoms with Crippen molar-refractivity contribution in [3.63, 3.8) is 0 Å². The van der Waals surface area contributed by atoms with Gasteiger partial charge in [-0.1, -0.05) is 17.3 Å². The summed E-state index contributed by atoms with van der Waals surface area (Å²) in [5.74, 6) is -0.728. The Morgan fingerprint density at radius 2 is 2.05 bits per heavy atom. The third-order valence-corrected chi connectivity index (χ3v) is 2.89. The minimum absolute atomic E-state index is 0.274. The van der Waals surface area contributed by atoms with Gasteiger partial charge < -0.3 is 9.84 Å². The smallest absolute Gasteiger partial charge is 0.364 e. The Morgan fingerprint density at radius 3 is 2.71 bits per heavy atom. The van der Waals surface area contributed by atoms with Gasteiger partial charge in [-0.2, -0.15) is 13.2 Å². The predicted octanol–water partition coefficient (Wildman–Crippen LogP) is 3.06. The number of aromatic nitrogens is 1. The quantitative estimate of drug-likeness (QED) is 0.863. The average Bonchev–Trinajstić information content (AvgIpc) is 2.95. The van der Waals surface area contributed by atoms with Crippen LogP contribution in [0.3, 0.4) is 0 Å². The Hall–Kier alpha value is -2.31. The lowest BCUT2D eigenvalue weighted by Gasteiger charge is -2.12. The van der Waals surface area contributed by atoms with E-state index in [4.69, 9.17) is 0 Å². The molecule has 1 aromatic heterocycles. The first-order valence-corrected chi connectivity index (χ1v) is 6.31. The molecule has 21 heavy (non-hydrogen) atoms. The van der Waals surface area contributed by atoms with E-state index in [9.17, 15) is 18.0 Å². The Labute approximate surface area is 118 Å². The standard InChI is InChI=1S/C14H13F3N2O2/c15-14(16,17)12-6-2-1-5-11(12)13(20)18-7-3-4-10-8-19-21-9-10/h1-2,5-6,8-9H,3-4,7H2,(H,18,20). The number of nitrogens with one attached hydrogen (secondary N) is 1. The number of carbonyl (C=O) groups excluding carboxylic acids is 1. The van der Waals surface area contributed by atoms with Crippen molar-refractivity contribution >= 4 is 5.91 Å². The fourth-order valence-corrected chi connectivity index (χ4v) is 1.87. The van der Waals surface area contributed by atoms with Crippen molar-refractivity contribution in [2.75, 3.05) is 6.54 Å². The zero-order valence-corrected chi connectivity index (χ0v) is 11.0. The van der Waals surface area contributed by atoms with Crippen molar-refractivity contribution in [3.05, 3.63) is 53.4 Å². The molecule has 0 saturated heterocycles. The van der Waals surface area contributed by atoms with Crippen LogP contribution in [0.25, 0.3) is 0 Å². The summed E-state index contributed by atoms with van der Waals surface area (Å²) in [7, 11) is 0. The van der Waals surface area contributed by atoms with Gasteiger partial charge in [-0.05, 0) is 25.0 Å². The minimum atomic E-state index is -4.55. The average molecular weight is 298 g/mol. The molecule has 0 bridgehead atoms. The summed E-state index contributed by atoms with van der Waals surface area (Å²) in [4.78, 5) is 11.8. The molecule has 4 nitrogen and oxygen atoms in total. The van der Waals surface area contributed by atoms with Gasteiger partial charge in [-0.25, -0.2) is 0 Å². The van der Waals surface area contributed by atoms with Crippen LogP contribution in [0.5, 0.6) is 0 Å². The van der Waals surface area contributed by atoms with Crippen LogP contribution in [-0.2, 0) is 12.6 Å². The SMILES string of the molecule is O=C(NCCCc1cnoc1)c1ccccc1C(F)(F)F. The molecule has 0 unspecified atom stereocenters. The maximum Gasteiger partial charge on any atom is 0.417 e. The van der Waals surface area contributed by atoms with Gasteiger partial charge >= 0.3 is 6.18 Å². The van der Waals surface area contributed by atoms with Crippen LogP contribution in [0.1, 0.15) is 27.9 Å². The molecule has 2 aromatic rings. The van der Waals surface area contributed by atoms with Crippen molar-refractivity contribution in [3.8, 4) is 0 Å². The fraction of sp³-hybridized carbons (Fsp3) is 0.286. The Bertz CT molecular complexity index is 595. The lowest BCUT2D eigenvalue weighted by Crippen LogP contribution is -2.27. The van der Waals surface area contributed by atoms with Crippen LogP contribution < -0.4 is 5.32 Å². The molecule has 0 aliphatic rings. The van der Waals surface area contributed by atoms with Gasteiger partial charge in [0, 0.05) is 12.1 Å².